The van der Waals surface area contributed by atoms with Gasteiger partial charge in [0.05, 0.1) is 12.8 Å². The maximum absolute atomic E-state index is 5.74. The highest BCUT2D eigenvalue weighted by molar-refractivity contribution is 5.17. The highest BCUT2D eigenvalue weighted by atomic mass is 16.3. The first-order valence-corrected chi connectivity index (χ1v) is 8.37. The van der Waals surface area contributed by atoms with Gasteiger partial charge in [0.1, 0.15) is 5.76 Å². The van der Waals surface area contributed by atoms with Crippen LogP contribution in [0.5, 0.6) is 0 Å². The fourth-order valence-electron chi connectivity index (χ4n) is 2.29. The van der Waals surface area contributed by atoms with Crippen molar-refractivity contribution < 1.29 is 4.42 Å². The van der Waals surface area contributed by atoms with Crippen LogP contribution in [0.3, 0.4) is 0 Å². The van der Waals surface area contributed by atoms with Crippen LogP contribution in [0.4, 0.5) is 0 Å². The number of nitrogens with zero attached hydrogens (tertiary/aromatic N) is 1. The van der Waals surface area contributed by atoms with Crippen LogP contribution >= 0.6 is 0 Å². The van der Waals surface area contributed by atoms with Crippen LogP contribution in [0.2, 0.25) is 0 Å². The summed E-state index contributed by atoms with van der Waals surface area (Å²) in [4.78, 5) is 2.51. The Morgan fingerprint density at radius 3 is 2.52 bits per heavy atom. The molecule has 0 saturated carbocycles. The molecular formula is C18H34N2O. The van der Waals surface area contributed by atoms with Gasteiger partial charge in [0, 0.05) is 23.7 Å². The van der Waals surface area contributed by atoms with Gasteiger partial charge in [-0.3, -0.25) is 4.90 Å². The van der Waals surface area contributed by atoms with E-state index in [2.05, 4.69) is 57.8 Å². The molecule has 1 rings (SSSR count). The summed E-state index contributed by atoms with van der Waals surface area (Å²) in [6, 6.07) is 2.65. The van der Waals surface area contributed by atoms with Crippen molar-refractivity contribution in [3.63, 3.8) is 0 Å². The molecule has 0 radical (unpaired) electrons. The quantitative estimate of drug-likeness (QED) is 0.676. The predicted octanol–water partition coefficient (Wildman–Crippen LogP) is 4.57. The maximum Gasteiger partial charge on any atom is 0.122 e. The number of furan rings is 1. The molecule has 0 atom stereocenters. The van der Waals surface area contributed by atoms with Crippen LogP contribution < -0.4 is 5.32 Å². The van der Waals surface area contributed by atoms with E-state index in [4.69, 9.17) is 4.42 Å². The fourth-order valence-corrected chi connectivity index (χ4v) is 2.29. The lowest BCUT2D eigenvalue weighted by atomic mass is 10.1. The van der Waals surface area contributed by atoms with Crippen molar-refractivity contribution in [3.05, 3.63) is 23.7 Å². The lowest BCUT2D eigenvalue weighted by Crippen LogP contribution is -2.35. The minimum atomic E-state index is 0.132. The van der Waals surface area contributed by atoms with Crippen molar-refractivity contribution in [2.45, 2.75) is 85.5 Å². The second-order valence-corrected chi connectivity index (χ2v) is 7.24. The van der Waals surface area contributed by atoms with E-state index in [0.717, 1.165) is 25.4 Å². The third kappa shape index (κ3) is 7.14. The lowest BCUT2D eigenvalue weighted by Gasteiger charge is -2.26. The summed E-state index contributed by atoms with van der Waals surface area (Å²) in [6.45, 7) is 16.3. The summed E-state index contributed by atoms with van der Waals surface area (Å²) in [5, 5.41) is 3.54. The van der Waals surface area contributed by atoms with E-state index in [1.165, 1.54) is 24.8 Å². The molecule has 1 aromatic heterocycles. The van der Waals surface area contributed by atoms with Crippen LogP contribution in [0, 0.1) is 0 Å². The van der Waals surface area contributed by atoms with Gasteiger partial charge < -0.3 is 9.73 Å². The van der Waals surface area contributed by atoms with Gasteiger partial charge >= 0.3 is 0 Å². The molecule has 122 valence electrons. The summed E-state index contributed by atoms with van der Waals surface area (Å²) in [5.74, 6) is 1.11. The van der Waals surface area contributed by atoms with E-state index in [1.807, 2.05) is 6.26 Å². The van der Waals surface area contributed by atoms with Gasteiger partial charge in [0.25, 0.3) is 0 Å². The lowest BCUT2D eigenvalue weighted by molar-refractivity contribution is 0.191. The zero-order valence-corrected chi connectivity index (χ0v) is 14.8. The van der Waals surface area contributed by atoms with E-state index < -0.39 is 0 Å². The van der Waals surface area contributed by atoms with E-state index in [0.29, 0.717) is 6.04 Å². The number of hydrogen-bond acceptors (Lipinski definition) is 3. The SMILES string of the molecule is CCCCCN(Cc1occc1CNC(C)(C)C)C(C)C. The van der Waals surface area contributed by atoms with Gasteiger partial charge in [0.2, 0.25) is 0 Å². The second kappa shape index (κ2) is 8.60. The van der Waals surface area contributed by atoms with Crippen molar-refractivity contribution in [2.75, 3.05) is 6.54 Å². The van der Waals surface area contributed by atoms with Crippen molar-refractivity contribution >= 4 is 0 Å². The first kappa shape index (κ1) is 18.2. The molecule has 3 nitrogen and oxygen atoms in total. The molecule has 0 aliphatic rings. The summed E-state index contributed by atoms with van der Waals surface area (Å²) < 4.78 is 5.74. The Balaban J connectivity index is 2.60. The van der Waals surface area contributed by atoms with Crippen LogP contribution in [0.1, 0.15) is 72.1 Å². The molecule has 0 aliphatic carbocycles. The molecule has 0 aliphatic heterocycles. The predicted molar refractivity (Wildman–Crippen MR) is 90.4 cm³/mol. The van der Waals surface area contributed by atoms with Crippen molar-refractivity contribution in [3.8, 4) is 0 Å². The Morgan fingerprint density at radius 1 is 1.24 bits per heavy atom. The number of rotatable bonds is 9. The van der Waals surface area contributed by atoms with E-state index in [1.54, 1.807) is 0 Å². The Morgan fingerprint density at radius 2 is 1.95 bits per heavy atom. The minimum absolute atomic E-state index is 0.132. The maximum atomic E-state index is 5.74. The largest absolute Gasteiger partial charge is 0.468 e. The van der Waals surface area contributed by atoms with Gasteiger partial charge in [-0.15, -0.1) is 0 Å². The average Bonchev–Trinajstić information content (AvgIpc) is 2.81. The van der Waals surface area contributed by atoms with Crippen LogP contribution in [-0.4, -0.2) is 23.0 Å². The molecule has 0 unspecified atom stereocenters. The Hall–Kier alpha value is -0.800. The molecule has 1 heterocycles. The Labute approximate surface area is 131 Å². The smallest absolute Gasteiger partial charge is 0.122 e. The van der Waals surface area contributed by atoms with Gasteiger partial charge in [0.15, 0.2) is 0 Å². The summed E-state index contributed by atoms with van der Waals surface area (Å²) >= 11 is 0. The Kier molecular flexibility index (Phi) is 7.47. The van der Waals surface area contributed by atoms with E-state index in [-0.39, 0.29) is 5.54 Å². The summed E-state index contributed by atoms with van der Waals surface area (Å²) in [7, 11) is 0. The van der Waals surface area contributed by atoms with Crippen LogP contribution in [0.25, 0.3) is 0 Å². The zero-order chi connectivity index (χ0) is 15.9. The third-order valence-corrected chi connectivity index (χ3v) is 3.77. The Bertz CT molecular complexity index is 390. The fraction of sp³-hybridized carbons (Fsp3) is 0.778. The molecule has 21 heavy (non-hydrogen) atoms. The molecule has 0 bridgehead atoms. The van der Waals surface area contributed by atoms with Gasteiger partial charge in [-0.1, -0.05) is 19.8 Å². The van der Waals surface area contributed by atoms with Gasteiger partial charge in [-0.25, -0.2) is 0 Å². The number of unbranched alkanes of at least 4 members (excludes halogenated alkanes) is 2. The minimum Gasteiger partial charge on any atom is -0.468 e. The monoisotopic (exact) mass is 294 g/mol. The topological polar surface area (TPSA) is 28.4 Å². The third-order valence-electron chi connectivity index (χ3n) is 3.77. The van der Waals surface area contributed by atoms with Crippen LogP contribution in [0.15, 0.2) is 16.7 Å². The molecule has 0 saturated heterocycles. The van der Waals surface area contributed by atoms with Gasteiger partial charge in [-0.2, -0.15) is 0 Å². The van der Waals surface area contributed by atoms with Crippen molar-refractivity contribution in [2.24, 2.45) is 0 Å². The highest BCUT2D eigenvalue weighted by Gasteiger charge is 2.16. The molecule has 1 N–H and O–H groups in total. The van der Waals surface area contributed by atoms with Gasteiger partial charge in [-0.05, 0) is 53.7 Å². The molecule has 3 heteroatoms. The zero-order valence-electron chi connectivity index (χ0n) is 14.8. The number of nitrogens with one attached hydrogen (secondary N) is 1. The second-order valence-electron chi connectivity index (χ2n) is 7.24. The van der Waals surface area contributed by atoms with Crippen molar-refractivity contribution in [1.29, 1.82) is 0 Å². The normalized spacial score (nSPS) is 12.6. The molecule has 0 fully saturated rings. The first-order chi connectivity index (χ1) is 9.83. The molecule has 0 aromatic carbocycles. The highest BCUT2D eigenvalue weighted by Crippen LogP contribution is 2.17. The molecular weight excluding hydrogens is 260 g/mol. The number of hydrogen-bond donors (Lipinski definition) is 1. The van der Waals surface area contributed by atoms with E-state index >= 15 is 0 Å². The van der Waals surface area contributed by atoms with Crippen molar-refractivity contribution in [1.82, 2.24) is 10.2 Å². The molecule has 0 amide bonds. The average molecular weight is 294 g/mol. The molecule has 1 aromatic rings. The summed E-state index contributed by atoms with van der Waals surface area (Å²) in [5.41, 5.74) is 1.42. The summed E-state index contributed by atoms with van der Waals surface area (Å²) in [6.07, 6.45) is 5.66. The van der Waals surface area contributed by atoms with Crippen LogP contribution in [-0.2, 0) is 13.1 Å². The first-order valence-electron chi connectivity index (χ1n) is 8.37. The van der Waals surface area contributed by atoms with E-state index in [9.17, 15) is 0 Å². The molecule has 0 spiro atoms. The standard InChI is InChI=1S/C18H34N2O/c1-7-8-9-11-20(15(2)3)14-17-16(10-12-21-17)13-19-18(4,5)6/h10,12,15,19H,7-9,11,13-14H2,1-6H3.